The molecule has 88 valence electrons. The van der Waals surface area contributed by atoms with E-state index in [1.54, 1.807) is 5.51 Å². The summed E-state index contributed by atoms with van der Waals surface area (Å²) in [4.78, 5) is 11.6. The lowest BCUT2D eigenvalue weighted by Crippen LogP contribution is -2.12. The largest absolute Gasteiger partial charge is 0.301 e. The van der Waals surface area contributed by atoms with Gasteiger partial charge in [-0.1, -0.05) is 35.1 Å². The van der Waals surface area contributed by atoms with Crippen molar-refractivity contribution in [1.82, 2.24) is 10.2 Å². The van der Waals surface area contributed by atoms with Gasteiger partial charge in [0, 0.05) is 11.4 Å². The van der Waals surface area contributed by atoms with Crippen LogP contribution in [0, 0.1) is 0 Å². The minimum Gasteiger partial charge on any atom is -0.301 e. The summed E-state index contributed by atoms with van der Waals surface area (Å²) >= 11 is 7.08. The van der Waals surface area contributed by atoms with Gasteiger partial charge in [0.15, 0.2) is 0 Å². The van der Waals surface area contributed by atoms with Crippen LogP contribution in [-0.4, -0.2) is 16.1 Å². The number of amides is 1. The standard InChI is InChI=1S/C11H10ClN3OS/c12-9-4-1-8(2-5-9)3-6-10(16)14-11-15-13-7-17-11/h1-2,4-5,7H,3,6H2,(H,14,15,16). The lowest BCUT2D eigenvalue weighted by molar-refractivity contribution is -0.116. The highest BCUT2D eigenvalue weighted by Gasteiger charge is 2.05. The molecule has 0 saturated heterocycles. The van der Waals surface area contributed by atoms with Crippen LogP contribution in [0.2, 0.25) is 5.02 Å². The second kappa shape index (κ2) is 5.75. The highest BCUT2D eigenvalue weighted by molar-refractivity contribution is 7.13. The van der Waals surface area contributed by atoms with E-state index in [0.29, 0.717) is 23.0 Å². The van der Waals surface area contributed by atoms with E-state index in [4.69, 9.17) is 11.6 Å². The van der Waals surface area contributed by atoms with Crippen LogP contribution < -0.4 is 5.32 Å². The third-order valence-electron chi connectivity index (χ3n) is 2.16. The molecule has 0 aliphatic heterocycles. The molecule has 2 rings (SSSR count). The number of rotatable bonds is 4. The number of benzene rings is 1. The minimum atomic E-state index is -0.0586. The summed E-state index contributed by atoms with van der Waals surface area (Å²) in [5, 5.41) is 11.3. The molecule has 6 heteroatoms. The molecule has 0 atom stereocenters. The van der Waals surface area contributed by atoms with E-state index in [9.17, 15) is 4.79 Å². The van der Waals surface area contributed by atoms with Crippen molar-refractivity contribution in [2.75, 3.05) is 5.32 Å². The lowest BCUT2D eigenvalue weighted by Gasteiger charge is -2.01. The topological polar surface area (TPSA) is 54.9 Å². The van der Waals surface area contributed by atoms with Crippen LogP contribution in [0.1, 0.15) is 12.0 Å². The Labute approximate surface area is 108 Å². The Balaban J connectivity index is 1.82. The fourth-order valence-corrected chi connectivity index (χ4v) is 1.91. The molecule has 0 unspecified atom stereocenters. The van der Waals surface area contributed by atoms with Gasteiger partial charge in [-0.25, -0.2) is 0 Å². The van der Waals surface area contributed by atoms with Gasteiger partial charge in [0.25, 0.3) is 0 Å². The molecule has 1 aromatic carbocycles. The number of aryl methyl sites for hydroxylation is 1. The molecule has 0 aliphatic carbocycles. The Morgan fingerprint density at radius 2 is 2.12 bits per heavy atom. The molecule has 1 heterocycles. The Kier molecular flexibility index (Phi) is 4.06. The van der Waals surface area contributed by atoms with E-state index in [1.165, 1.54) is 11.3 Å². The Morgan fingerprint density at radius 1 is 1.35 bits per heavy atom. The number of carbonyl (C=O) groups is 1. The van der Waals surface area contributed by atoms with Gasteiger partial charge in [-0.3, -0.25) is 4.79 Å². The number of hydrogen-bond donors (Lipinski definition) is 1. The molecular weight excluding hydrogens is 258 g/mol. The van der Waals surface area contributed by atoms with Crippen LogP contribution in [0.4, 0.5) is 5.13 Å². The zero-order valence-electron chi connectivity index (χ0n) is 8.89. The zero-order chi connectivity index (χ0) is 12.1. The maximum atomic E-state index is 11.6. The minimum absolute atomic E-state index is 0.0586. The molecule has 1 amide bonds. The molecule has 1 N–H and O–H groups in total. The van der Waals surface area contributed by atoms with Gasteiger partial charge in [0.1, 0.15) is 5.51 Å². The fraction of sp³-hybridized carbons (Fsp3) is 0.182. The summed E-state index contributed by atoms with van der Waals surface area (Å²) in [6.07, 6.45) is 1.10. The predicted octanol–water partition coefficient (Wildman–Crippen LogP) is 2.76. The first-order valence-corrected chi connectivity index (χ1v) is 6.30. The Hall–Kier alpha value is -1.46. The van der Waals surface area contributed by atoms with Crippen molar-refractivity contribution in [2.45, 2.75) is 12.8 Å². The van der Waals surface area contributed by atoms with Crippen molar-refractivity contribution in [2.24, 2.45) is 0 Å². The van der Waals surface area contributed by atoms with E-state index in [-0.39, 0.29) is 5.91 Å². The smallest absolute Gasteiger partial charge is 0.226 e. The second-order valence-corrected chi connectivity index (χ2v) is 4.69. The van der Waals surface area contributed by atoms with Crippen molar-refractivity contribution in [3.63, 3.8) is 0 Å². The summed E-state index contributed by atoms with van der Waals surface area (Å²) in [6, 6.07) is 7.47. The Morgan fingerprint density at radius 3 is 2.76 bits per heavy atom. The predicted molar refractivity (Wildman–Crippen MR) is 68.3 cm³/mol. The molecular formula is C11H10ClN3OS. The molecule has 2 aromatic rings. The highest BCUT2D eigenvalue weighted by atomic mass is 35.5. The number of halogens is 1. The molecule has 0 bridgehead atoms. The number of hydrogen-bond acceptors (Lipinski definition) is 4. The Bertz CT molecular complexity index is 484. The van der Waals surface area contributed by atoms with Gasteiger partial charge in [0.2, 0.25) is 11.0 Å². The average Bonchev–Trinajstić information content (AvgIpc) is 2.81. The monoisotopic (exact) mass is 267 g/mol. The normalized spacial score (nSPS) is 10.2. The van der Waals surface area contributed by atoms with Gasteiger partial charge in [-0.2, -0.15) is 0 Å². The third kappa shape index (κ3) is 3.80. The van der Waals surface area contributed by atoms with E-state index >= 15 is 0 Å². The van der Waals surface area contributed by atoms with Gasteiger partial charge >= 0.3 is 0 Å². The zero-order valence-corrected chi connectivity index (χ0v) is 10.5. The summed E-state index contributed by atoms with van der Waals surface area (Å²) < 4.78 is 0. The summed E-state index contributed by atoms with van der Waals surface area (Å²) in [5.74, 6) is -0.0586. The number of nitrogens with one attached hydrogen (secondary N) is 1. The molecule has 0 saturated carbocycles. The molecule has 4 nitrogen and oxygen atoms in total. The first kappa shape index (κ1) is 12.0. The molecule has 0 spiro atoms. The summed E-state index contributed by atoms with van der Waals surface area (Å²) in [6.45, 7) is 0. The average molecular weight is 268 g/mol. The van der Waals surface area contributed by atoms with E-state index in [0.717, 1.165) is 5.56 Å². The number of aromatic nitrogens is 2. The molecule has 0 radical (unpaired) electrons. The second-order valence-electron chi connectivity index (χ2n) is 3.42. The SMILES string of the molecule is O=C(CCc1ccc(Cl)cc1)Nc1nncs1. The summed E-state index contributed by atoms with van der Waals surface area (Å²) in [5.41, 5.74) is 2.66. The highest BCUT2D eigenvalue weighted by Crippen LogP contribution is 2.12. The maximum absolute atomic E-state index is 11.6. The number of nitrogens with zero attached hydrogens (tertiary/aromatic N) is 2. The number of carbonyl (C=O) groups excluding carboxylic acids is 1. The van der Waals surface area contributed by atoms with E-state index < -0.39 is 0 Å². The molecule has 1 aromatic heterocycles. The van der Waals surface area contributed by atoms with Crippen LogP contribution in [0.5, 0.6) is 0 Å². The van der Waals surface area contributed by atoms with Crippen LogP contribution in [0.25, 0.3) is 0 Å². The van der Waals surface area contributed by atoms with E-state index in [2.05, 4.69) is 15.5 Å². The maximum Gasteiger partial charge on any atom is 0.226 e. The number of anilines is 1. The van der Waals surface area contributed by atoms with Crippen LogP contribution in [0.15, 0.2) is 29.8 Å². The summed E-state index contributed by atoms with van der Waals surface area (Å²) in [7, 11) is 0. The van der Waals surface area contributed by atoms with Gasteiger partial charge in [-0.05, 0) is 24.1 Å². The van der Waals surface area contributed by atoms with Crippen LogP contribution in [0.3, 0.4) is 0 Å². The lowest BCUT2D eigenvalue weighted by atomic mass is 10.1. The van der Waals surface area contributed by atoms with Crippen LogP contribution >= 0.6 is 22.9 Å². The molecule has 0 fully saturated rings. The quantitative estimate of drug-likeness (QED) is 0.927. The third-order valence-corrected chi connectivity index (χ3v) is 3.02. The van der Waals surface area contributed by atoms with Crippen molar-refractivity contribution in [3.8, 4) is 0 Å². The van der Waals surface area contributed by atoms with Crippen molar-refractivity contribution in [1.29, 1.82) is 0 Å². The van der Waals surface area contributed by atoms with Crippen molar-refractivity contribution >= 4 is 34.0 Å². The van der Waals surface area contributed by atoms with Gasteiger partial charge in [0.05, 0.1) is 0 Å². The van der Waals surface area contributed by atoms with E-state index in [1.807, 2.05) is 24.3 Å². The first-order chi connectivity index (χ1) is 8.24. The first-order valence-electron chi connectivity index (χ1n) is 5.04. The fourth-order valence-electron chi connectivity index (χ4n) is 1.32. The van der Waals surface area contributed by atoms with Crippen molar-refractivity contribution < 1.29 is 4.79 Å². The van der Waals surface area contributed by atoms with Gasteiger partial charge < -0.3 is 5.32 Å². The molecule has 0 aliphatic rings. The molecule has 17 heavy (non-hydrogen) atoms. The van der Waals surface area contributed by atoms with Crippen molar-refractivity contribution in [3.05, 3.63) is 40.4 Å². The van der Waals surface area contributed by atoms with Crippen LogP contribution in [-0.2, 0) is 11.2 Å². The van der Waals surface area contributed by atoms with Gasteiger partial charge in [-0.15, -0.1) is 10.2 Å².